The summed E-state index contributed by atoms with van der Waals surface area (Å²) in [4.78, 5) is 0. The molecule has 1 saturated carbocycles. The van der Waals surface area contributed by atoms with Gasteiger partial charge in [0.05, 0.1) is 0 Å². The minimum Gasteiger partial charge on any atom is -0.330 e. The van der Waals surface area contributed by atoms with Gasteiger partial charge < -0.3 is 4.55 Å². The summed E-state index contributed by atoms with van der Waals surface area (Å²) >= 11 is 0.986. The molecule has 2 heteroatoms. The Labute approximate surface area is 48.3 Å². The maximum absolute atomic E-state index is 8.32. The molecule has 0 aliphatic heterocycles. The van der Waals surface area contributed by atoms with Crippen molar-refractivity contribution in [1.29, 1.82) is 0 Å². The SMILES string of the molecule is OSCC1CCC1. The molecule has 0 unspecified atom stereocenters. The average Bonchev–Trinajstić information content (AvgIpc) is 1.55. The third-order valence-corrected chi connectivity index (χ3v) is 2.16. The van der Waals surface area contributed by atoms with Crippen LogP contribution in [0.3, 0.4) is 0 Å². The van der Waals surface area contributed by atoms with Gasteiger partial charge in [0.25, 0.3) is 0 Å². The van der Waals surface area contributed by atoms with Crippen LogP contribution in [0.4, 0.5) is 0 Å². The van der Waals surface area contributed by atoms with E-state index in [9.17, 15) is 0 Å². The van der Waals surface area contributed by atoms with E-state index >= 15 is 0 Å². The standard InChI is InChI=1S/C5H10OS/c6-7-4-5-2-1-3-5/h5-6H,1-4H2. The molecule has 1 N–H and O–H groups in total. The largest absolute Gasteiger partial charge is 0.330 e. The molecule has 0 aromatic rings. The maximum atomic E-state index is 8.32. The van der Waals surface area contributed by atoms with Gasteiger partial charge in [0.1, 0.15) is 0 Å². The van der Waals surface area contributed by atoms with Crippen LogP contribution in [0.1, 0.15) is 19.3 Å². The molecule has 0 radical (unpaired) electrons. The Morgan fingerprint density at radius 2 is 2.29 bits per heavy atom. The van der Waals surface area contributed by atoms with Crippen molar-refractivity contribution in [2.45, 2.75) is 19.3 Å². The van der Waals surface area contributed by atoms with Crippen LogP contribution in [-0.4, -0.2) is 10.3 Å². The van der Waals surface area contributed by atoms with E-state index in [0.717, 1.165) is 23.7 Å². The molecule has 0 amide bonds. The second kappa shape index (κ2) is 2.58. The van der Waals surface area contributed by atoms with Crippen molar-refractivity contribution >= 4 is 12.0 Å². The van der Waals surface area contributed by atoms with E-state index in [2.05, 4.69) is 0 Å². The topological polar surface area (TPSA) is 20.2 Å². The minimum atomic E-state index is 0.843. The Kier molecular flexibility index (Phi) is 2.00. The summed E-state index contributed by atoms with van der Waals surface area (Å²) in [6.07, 6.45) is 4.06. The van der Waals surface area contributed by atoms with E-state index in [4.69, 9.17) is 4.55 Å². The van der Waals surface area contributed by atoms with Crippen LogP contribution in [0.15, 0.2) is 0 Å². The summed E-state index contributed by atoms with van der Waals surface area (Å²) in [6, 6.07) is 0. The van der Waals surface area contributed by atoms with E-state index in [-0.39, 0.29) is 0 Å². The lowest BCUT2D eigenvalue weighted by Crippen LogP contribution is -2.12. The van der Waals surface area contributed by atoms with Gasteiger partial charge in [-0.2, -0.15) is 0 Å². The molecule has 0 aromatic heterocycles. The highest BCUT2D eigenvalue weighted by atomic mass is 32.2. The Bertz CT molecular complexity index is 52.0. The molecule has 0 spiro atoms. The number of hydrogen-bond acceptors (Lipinski definition) is 2. The van der Waals surface area contributed by atoms with Gasteiger partial charge in [-0.15, -0.1) is 0 Å². The molecule has 0 heterocycles. The lowest BCUT2D eigenvalue weighted by atomic mass is 9.87. The molecule has 1 rings (SSSR count). The van der Waals surface area contributed by atoms with E-state index in [0.29, 0.717) is 0 Å². The minimum absolute atomic E-state index is 0.843. The zero-order valence-corrected chi connectivity index (χ0v) is 5.08. The first-order chi connectivity index (χ1) is 3.43. The molecule has 0 aromatic carbocycles. The molecule has 0 saturated heterocycles. The van der Waals surface area contributed by atoms with Crippen LogP contribution >= 0.6 is 12.0 Å². The van der Waals surface area contributed by atoms with E-state index in [1.54, 1.807) is 0 Å². The Morgan fingerprint density at radius 1 is 1.57 bits per heavy atom. The van der Waals surface area contributed by atoms with Crippen LogP contribution < -0.4 is 0 Å². The van der Waals surface area contributed by atoms with Gasteiger partial charge in [0.2, 0.25) is 0 Å². The van der Waals surface area contributed by atoms with Gasteiger partial charge in [-0.1, -0.05) is 6.42 Å². The van der Waals surface area contributed by atoms with Crippen LogP contribution in [0, 0.1) is 5.92 Å². The molecule has 1 fully saturated rings. The number of rotatable bonds is 2. The molecular weight excluding hydrogens is 108 g/mol. The van der Waals surface area contributed by atoms with Gasteiger partial charge in [-0.05, 0) is 30.8 Å². The monoisotopic (exact) mass is 118 g/mol. The highest BCUT2D eigenvalue weighted by Gasteiger charge is 2.16. The van der Waals surface area contributed by atoms with Crippen LogP contribution in [0.5, 0.6) is 0 Å². The van der Waals surface area contributed by atoms with Crippen LogP contribution in [0.2, 0.25) is 0 Å². The Balaban J connectivity index is 1.93. The summed E-state index contributed by atoms with van der Waals surface area (Å²) in [7, 11) is 0. The molecular formula is C5H10OS. The van der Waals surface area contributed by atoms with Crippen molar-refractivity contribution in [3.05, 3.63) is 0 Å². The van der Waals surface area contributed by atoms with Crippen molar-refractivity contribution in [2.24, 2.45) is 5.92 Å². The summed E-state index contributed by atoms with van der Waals surface area (Å²) in [6.45, 7) is 0. The van der Waals surface area contributed by atoms with Gasteiger partial charge in [0, 0.05) is 5.75 Å². The molecule has 0 atom stereocenters. The van der Waals surface area contributed by atoms with Gasteiger partial charge in [-0.3, -0.25) is 0 Å². The lowest BCUT2D eigenvalue weighted by molar-refractivity contribution is 0.350. The first-order valence-corrected chi connectivity index (χ1v) is 3.64. The smallest absolute Gasteiger partial charge is 0.0223 e. The molecule has 1 aliphatic rings. The summed E-state index contributed by atoms with van der Waals surface area (Å²) in [5, 5.41) is 0. The van der Waals surface area contributed by atoms with E-state index in [1.807, 2.05) is 0 Å². The van der Waals surface area contributed by atoms with Crippen LogP contribution in [0.25, 0.3) is 0 Å². The third-order valence-electron chi connectivity index (χ3n) is 1.53. The fourth-order valence-corrected chi connectivity index (χ4v) is 1.31. The quantitative estimate of drug-likeness (QED) is 0.559. The molecule has 1 aliphatic carbocycles. The Morgan fingerprint density at radius 3 is 2.43 bits per heavy atom. The molecule has 42 valence electrons. The van der Waals surface area contributed by atoms with Gasteiger partial charge in [0.15, 0.2) is 0 Å². The molecule has 0 bridgehead atoms. The Hall–Kier alpha value is 0.310. The normalized spacial score (nSPS) is 21.9. The number of hydrogen-bond donors (Lipinski definition) is 1. The first kappa shape index (κ1) is 5.45. The second-order valence-corrected chi connectivity index (χ2v) is 2.68. The molecule has 1 nitrogen and oxygen atoms in total. The summed E-state index contributed by atoms with van der Waals surface area (Å²) in [5.74, 6) is 1.80. The average molecular weight is 118 g/mol. The second-order valence-electron chi connectivity index (χ2n) is 2.09. The van der Waals surface area contributed by atoms with Crippen molar-refractivity contribution < 1.29 is 4.55 Å². The van der Waals surface area contributed by atoms with Crippen molar-refractivity contribution in [2.75, 3.05) is 5.75 Å². The zero-order valence-electron chi connectivity index (χ0n) is 4.26. The van der Waals surface area contributed by atoms with E-state index in [1.165, 1.54) is 19.3 Å². The fourth-order valence-electron chi connectivity index (χ4n) is 0.765. The third kappa shape index (κ3) is 1.35. The van der Waals surface area contributed by atoms with Crippen LogP contribution in [-0.2, 0) is 0 Å². The first-order valence-electron chi connectivity index (χ1n) is 2.70. The summed E-state index contributed by atoms with van der Waals surface area (Å²) in [5.41, 5.74) is 0. The summed E-state index contributed by atoms with van der Waals surface area (Å²) < 4.78 is 8.32. The maximum Gasteiger partial charge on any atom is 0.0223 e. The van der Waals surface area contributed by atoms with Crippen molar-refractivity contribution in [3.63, 3.8) is 0 Å². The predicted octanol–water partition coefficient (Wildman–Crippen LogP) is 1.99. The van der Waals surface area contributed by atoms with E-state index < -0.39 is 0 Å². The lowest BCUT2D eigenvalue weighted by Gasteiger charge is -2.22. The van der Waals surface area contributed by atoms with Crippen molar-refractivity contribution in [3.8, 4) is 0 Å². The van der Waals surface area contributed by atoms with Crippen molar-refractivity contribution in [1.82, 2.24) is 0 Å². The van der Waals surface area contributed by atoms with Gasteiger partial charge in [-0.25, -0.2) is 0 Å². The highest BCUT2D eigenvalue weighted by molar-refractivity contribution is 7.93. The molecule has 7 heavy (non-hydrogen) atoms. The zero-order chi connectivity index (χ0) is 5.11. The van der Waals surface area contributed by atoms with Gasteiger partial charge >= 0.3 is 0 Å². The fraction of sp³-hybridized carbons (Fsp3) is 1.00. The predicted molar refractivity (Wildman–Crippen MR) is 32.4 cm³/mol. The highest BCUT2D eigenvalue weighted by Crippen LogP contribution is 2.28.